The van der Waals surface area contributed by atoms with Crippen LogP contribution in [-0.2, 0) is 6.54 Å². The normalized spacial score (nSPS) is 10.7. The van der Waals surface area contributed by atoms with Gasteiger partial charge in [-0.3, -0.25) is 9.48 Å². The highest BCUT2D eigenvalue weighted by Crippen LogP contribution is 2.17. The first-order valence-corrected chi connectivity index (χ1v) is 7.77. The summed E-state index contributed by atoms with van der Waals surface area (Å²) in [6.07, 6.45) is 0.503. The van der Waals surface area contributed by atoms with Crippen molar-refractivity contribution in [2.45, 2.75) is 33.7 Å². The maximum Gasteiger partial charge on any atom is 0.166 e. The molecule has 5 heteroatoms. The van der Waals surface area contributed by atoms with Crippen molar-refractivity contribution in [3.05, 3.63) is 45.7 Å². The molecule has 0 aliphatic rings. The predicted molar refractivity (Wildman–Crippen MR) is 86.0 cm³/mol. The van der Waals surface area contributed by atoms with Crippen molar-refractivity contribution >= 4 is 21.7 Å². The molecule has 1 heterocycles. The fraction of sp³-hybridized carbons (Fsp3) is 0.375. The molecule has 2 aromatic rings. The van der Waals surface area contributed by atoms with Crippen LogP contribution in [0.2, 0.25) is 0 Å². The lowest BCUT2D eigenvalue weighted by Crippen LogP contribution is -2.11. The number of carbonyl (C=O) groups excluding carboxylic acids is 1. The number of halogens is 1. The van der Waals surface area contributed by atoms with E-state index >= 15 is 0 Å². The van der Waals surface area contributed by atoms with Crippen LogP contribution in [0.1, 0.15) is 35.1 Å². The summed E-state index contributed by atoms with van der Waals surface area (Å²) in [7, 11) is 0. The number of benzene rings is 1. The van der Waals surface area contributed by atoms with Crippen LogP contribution in [0.3, 0.4) is 0 Å². The van der Waals surface area contributed by atoms with E-state index in [-0.39, 0.29) is 5.78 Å². The monoisotopic (exact) mass is 350 g/mol. The molecular weight excluding hydrogens is 332 g/mol. The molecule has 1 aromatic heterocycles. The Kier molecular flexibility index (Phi) is 5.17. The van der Waals surface area contributed by atoms with Crippen molar-refractivity contribution in [3.8, 4) is 5.75 Å². The van der Waals surface area contributed by atoms with E-state index < -0.39 is 0 Å². The molecule has 1 aromatic carbocycles. The van der Waals surface area contributed by atoms with Crippen molar-refractivity contribution in [1.29, 1.82) is 0 Å². The van der Waals surface area contributed by atoms with Crippen LogP contribution < -0.4 is 4.74 Å². The summed E-state index contributed by atoms with van der Waals surface area (Å²) in [6, 6.07) is 7.71. The Hall–Kier alpha value is -1.62. The molecule has 0 N–H and O–H groups in total. The van der Waals surface area contributed by atoms with E-state index in [9.17, 15) is 4.79 Å². The quantitative estimate of drug-likeness (QED) is 0.741. The maximum atomic E-state index is 11.9. The number of aryl methyl sites for hydroxylation is 1. The molecule has 2 rings (SSSR count). The standard InChI is InChI=1S/C16H19BrN2O2/c1-4-15(20)16-11(2)18-19(12(16)3)9-10-21-14-7-5-13(17)6-8-14/h5-8H,4,9-10H2,1-3H3. The minimum Gasteiger partial charge on any atom is -0.492 e. The van der Waals surface area contributed by atoms with E-state index in [1.54, 1.807) is 0 Å². The highest BCUT2D eigenvalue weighted by molar-refractivity contribution is 9.10. The van der Waals surface area contributed by atoms with Crippen LogP contribution in [0, 0.1) is 13.8 Å². The zero-order valence-corrected chi connectivity index (χ0v) is 14.1. The molecule has 0 fully saturated rings. The van der Waals surface area contributed by atoms with Crippen molar-refractivity contribution in [2.75, 3.05) is 6.61 Å². The molecule has 112 valence electrons. The molecule has 0 aliphatic carbocycles. The van der Waals surface area contributed by atoms with Crippen LogP contribution >= 0.6 is 15.9 Å². The van der Waals surface area contributed by atoms with E-state index in [0.717, 1.165) is 27.2 Å². The Morgan fingerprint density at radius 1 is 1.29 bits per heavy atom. The molecule has 0 atom stereocenters. The van der Waals surface area contributed by atoms with Gasteiger partial charge in [-0.15, -0.1) is 0 Å². The van der Waals surface area contributed by atoms with Crippen LogP contribution in [0.25, 0.3) is 0 Å². The van der Waals surface area contributed by atoms with E-state index in [0.29, 0.717) is 19.6 Å². The summed E-state index contributed by atoms with van der Waals surface area (Å²) < 4.78 is 8.56. The second kappa shape index (κ2) is 6.89. The first-order valence-electron chi connectivity index (χ1n) is 6.98. The lowest BCUT2D eigenvalue weighted by molar-refractivity contribution is 0.0987. The van der Waals surface area contributed by atoms with Crippen molar-refractivity contribution < 1.29 is 9.53 Å². The Morgan fingerprint density at radius 2 is 1.95 bits per heavy atom. The topological polar surface area (TPSA) is 44.1 Å². The summed E-state index contributed by atoms with van der Waals surface area (Å²) in [6.45, 7) is 6.82. The number of Topliss-reactive ketones (excluding diaryl/α,β-unsaturated/α-hetero) is 1. The first-order chi connectivity index (χ1) is 10.0. The minimum absolute atomic E-state index is 0.144. The number of ether oxygens (including phenoxy) is 1. The van der Waals surface area contributed by atoms with Gasteiger partial charge in [0.05, 0.1) is 17.8 Å². The third-order valence-corrected chi connectivity index (χ3v) is 3.90. The fourth-order valence-corrected chi connectivity index (χ4v) is 2.54. The summed E-state index contributed by atoms with van der Waals surface area (Å²) in [5, 5.41) is 4.43. The SMILES string of the molecule is CCC(=O)c1c(C)nn(CCOc2ccc(Br)cc2)c1C. The van der Waals surface area contributed by atoms with Crippen molar-refractivity contribution in [1.82, 2.24) is 9.78 Å². The molecule has 0 amide bonds. The van der Waals surface area contributed by atoms with Gasteiger partial charge in [0.2, 0.25) is 0 Å². The first kappa shape index (κ1) is 15.8. The van der Waals surface area contributed by atoms with Crippen LogP contribution in [0.4, 0.5) is 0 Å². The Labute approximate surface area is 133 Å². The van der Waals surface area contributed by atoms with Crippen LogP contribution in [0.15, 0.2) is 28.7 Å². The van der Waals surface area contributed by atoms with E-state index in [1.165, 1.54) is 0 Å². The van der Waals surface area contributed by atoms with Gasteiger partial charge in [-0.2, -0.15) is 5.10 Å². The van der Waals surface area contributed by atoms with Crippen molar-refractivity contribution in [2.24, 2.45) is 0 Å². The van der Waals surface area contributed by atoms with Gasteiger partial charge < -0.3 is 4.74 Å². The van der Waals surface area contributed by atoms with Gasteiger partial charge >= 0.3 is 0 Å². The maximum absolute atomic E-state index is 11.9. The zero-order chi connectivity index (χ0) is 15.4. The summed E-state index contributed by atoms with van der Waals surface area (Å²) in [5.41, 5.74) is 2.46. The molecule has 0 saturated heterocycles. The highest BCUT2D eigenvalue weighted by Gasteiger charge is 2.16. The third-order valence-electron chi connectivity index (χ3n) is 3.37. The lowest BCUT2D eigenvalue weighted by atomic mass is 10.1. The molecule has 0 radical (unpaired) electrons. The number of hydrogen-bond acceptors (Lipinski definition) is 3. The molecule has 0 unspecified atom stereocenters. The summed E-state index contributed by atoms with van der Waals surface area (Å²) in [5.74, 6) is 0.967. The molecule has 0 saturated carbocycles. The average molecular weight is 351 g/mol. The molecular formula is C16H19BrN2O2. The summed E-state index contributed by atoms with van der Waals surface area (Å²) >= 11 is 3.39. The highest BCUT2D eigenvalue weighted by atomic mass is 79.9. The van der Waals surface area contributed by atoms with Crippen LogP contribution in [-0.4, -0.2) is 22.2 Å². The third kappa shape index (κ3) is 3.73. The van der Waals surface area contributed by atoms with E-state index in [1.807, 2.05) is 49.7 Å². The number of aromatic nitrogens is 2. The fourth-order valence-electron chi connectivity index (χ4n) is 2.28. The second-order valence-corrected chi connectivity index (χ2v) is 5.76. The van der Waals surface area contributed by atoms with E-state index in [4.69, 9.17) is 4.74 Å². The van der Waals surface area contributed by atoms with Gasteiger partial charge in [0.1, 0.15) is 12.4 Å². The Balaban J connectivity index is 2.00. The summed E-state index contributed by atoms with van der Waals surface area (Å²) in [4.78, 5) is 11.9. The van der Waals surface area contributed by atoms with Crippen molar-refractivity contribution in [3.63, 3.8) is 0 Å². The van der Waals surface area contributed by atoms with Gasteiger partial charge in [-0.05, 0) is 38.1 Å². The largest absolute Gasteiger partial charge is 0.492 e. The molecule has 0 aliphatic heterocycles. The van der Waals surface area contributed by atoms with Crippen LogP contribution in [0.5, 0.6) is 5.75 Å². The number of rotatable bonds is 6. The van der Waals surface area contributed by atoms with Gasteiger partial charge in [0.15, 0.2) is 5.78 Å². The number of hydrogen-bond donors (Lipinski definition) is 0. The lowest BCUT2D eigenvalue weighted by Gasteiger charge is -2.08. The van der Waals surface area contributed by atoms with Gasteiger partial charge in [0, 0.05) is 16.6 Å². The van der Waals surface area contributed by atoms with E-state index in [2.05, 4.69) is 21.0 Å². The average Bonchev–Trinajstić information content (AvgIpc) is 2.75. The predicted octanol–water partition coefficient (Wildman–Crippen LogP) is 3.93. The Morgan fingerprint density at radius 3 is 2.57 bits per heavy atom. The zero-order valence-electron chi connectivity index (χ0n) is 12.5. The Bertz CT molecular complexity index is 632. The number of nitrogens with zero attached hydrogens (tertiary/aromatic N) is 2. The van der Waals surface area contributed by atoms with Gasteiger partial charge in [0.25, 0.3) is 0 Å². The van der Waals surface area contributed by atoms with Gasteiger partial charge in [-0.1, -0.05) is 22.9 Å². The minimum atomic E-state index is 0.144. The molecule has 0 spiro atoms. The molecule has 4 nitrogen and oxygen atoms in total. The smallest absolute Gasteiger partial charge is 0.166 e. The number of ketones is 1. The molecule has 21 heavy (non-hydrogen) atoms. The second-order valence-electron chi connectivity index (χ2n) is 4.85. The molecule has 0 bridgehead atoms. The van der Waals surface area contributed by atoms with Gasteiger partial charge in [-0.25, -0.2) is 0 Å². The number of carbonyl (C=O) groups is 1.